The molecule has 1 aromatic carbocycles. The third kappa shape index (κ3) is 2.24. The van der Waals surface area contributed by atoms with Crippen molar-refractivity contribution in [1.29, 1.82) is 0 Å². The van der Waals surface area contributed by atoms with Crippen LogP contribution in [0.3, 0.4) is 0 Å². The highest BCUT2D eigenvalue weighted by Crippen LogP contribution is 2.46. The van der Waals surface area contributed by atoms with Crippen LogP contribution in [0.1, 0.15) is 11.1 Å². The average molecular weight is 319 g/mol. The molecule has 1 aromatic rings. The Morgan fingerprint density at radius 1 is 1.39 bits per heavy atom. The first-order chi connectivity index (χ1) is 10.9. The van der Waals surface area contributed by atoms with Crippen molar-refractivity contribution in [2.24, 2.45) is 11.3 Å². The molecule has 0 saturated carbocycles. The van der Waals surface area contributed by atoms with Gasteiger partial charge in [0.2, 0.25) is 5.91 Å². The van der Waals surface area contributed by atoms with Crippen LogP contribution in [0.4, 0.5) is 5.69 Å². The lowest BCUT2D eigenvalue weighted by atomic mass is 9.74. The molecule has 2 saturated heterocycles. The van der Waals surface area contributed by atoms with Gasteiger partial charge in [0.05, 0.1) is 32.3 Å². The Labute approximate surface area is 135 Å². The number of esters is 1. The van der Waals surface area contributed by atoms with Gasteiger partial charge in [0.15, 0.2) is 0 Å². The molecule has 2 aliphatic rings. The molecule has 124 valence electrons. The van der Waals surface area contributed by atoms with Gasteiger partial charge in [-0.15, -0.1) is 0 Å². The third-order valence-corrected chi connectivity index (χ3v) is 4.90. The molecular weight excluding hydrogens is 298 g/mol. The monoisotopic (exact) mass is 319 g/mol. The topological polar surface area (TPSA) is 76.1 Å². The van der Waals surface area contributed by atoms with E-state index in [1.165, 1.54) is 7.11 Å². The maximum atomic E-state index is 13.0. The van der Waals surface area contributed by atoms with Crippen molar-refractivity contribution in [3.8, 4) is 0 Å². The molecule has 2 aliphatic heterocycles. The number of amides is 1. The number of rotatable bonds is 2. The minimum Gasteiger partial charge on any atom is -0.468 e. The fourth-order valence-electron chi connectivity index (χ4n) is 3.86. The van der Waals surface area contributed by atoms with Crippen LogP contribution in [0.15, 0.2) is 18.2 Å². The standard InChI is InChI=1S/C17H21NO5/c1-10-5-4-6-11(2)14(10)18-8-17(16(21)22-3)9-23-7-12(19)13(17)15(18)20/h4-6,12-13,19H,7-9H2,1-3H3. The van der Waals surface area contributed by atoms with Gasteiger partial charge in [0.1, 0.15) is 5.41 Å². The third-order valence-electron chi connectivity index (χ3n) is 4.90. The van der Waals surface area contributed by atoms with Gasteiger partial charge in [0, 0.05) is 12.2 Å². The maximum Gasteiger partial charge on any atom is 0.316 e. The summed E-state index contributed by atoms with van der Waals surface area (Å²) in [4.78, 5) is 27.0. The zero-order chi connectivity index (χ0) is 16.8. The Balaban J connectivity index is 2.10. The van der Waals surface area contributed by atoms with Crippen LogP contribution < -0.4 is 4.90 Å². The highest BCUT2D eigenvalue weighted by molar-refractivity contribution is 6.04. The zero-order valence-corrected chi connectivity index (χ0v) is 13.5. The number of aryl methyl sites for hydroxylation is 2. The largest absolute Gasteiger partial charge is 0.468 e. The van der Waals surface area contributed by atoms with Gasteiger partial charge in [-0.1, -0.05) is 18.2 Å². The summed E-state index contributed by atoms with van der Waals surface area (Å²) in [6, 6.07) is 5.78. The average Bonchev–Trinajstić information content (AvgIpc) is 2.82. The molecule has 0 radical (unpaired) electrons. The Morgan fingerprint density at radius 3 is 2.65 bits per heavy atom. The summed E-state index contributed by atoms with van der Waals surface area (Å²) in [5.41, 5.74) is 1.54. The number of hydrogen-bond acceptors (Lipinski definition) is 5. The molecule has 1 amide bonds. The fourth-order valence-corrected chi connectivity index (χ4v) is 3.86. The second kappa shape index (κ2) is 5.62. The van der Waals surface area contributed by atoms with Gasteiger partial charge in [-0.3, -0.25) is 9.59 Å². The highest BCUT2D eigenvalue weighted by atomic mass is 16.5. The van der Waals surface area contributed by atoms with Gasteiger partial charge in [0.25, 0.3) is 0 Å². The molecular formula is C17H21NO5. The summed E-state index contributed by atoms with van der Waals surface area (Å²) < 4.78 is 10.3. The van der Waals surface area contributed by atoms with E-state index in [0.717, 1.165) is 16.8 Å². The molecule has 3 rings (SSSR count). The minimum atomic E-state index is -1.15. The van der Waals surface area contributed by atoms with Gasteiger partial charge >= 0.3 is 5.97 Å². The van der Waals surface area contributed by atoms with Gasteiger partial charge in [-0.25, -0.2) is 0 Å². The molecule has 1 N–H and O–H groups in total. The number of nitrogens with zero attached hydrogens (tertiary/aromatic N) is 1. The normalized spacial score (nSPS) is 30.3. The second-order valence-electron chi connectivity index (χ2n) is 6.37. The van der Waals surface area contributed by atoms with E-state index >= 15 is 0 Å². The van der Waals surface area contributed by atoms with Crippen LogP contribution in [0.2, 0.25) is 0 Å². The molecule has 0 bridgehead atoms. The molecule has 0 aliphatic carbocycles. The number of carbonyl (C=O) groups is 2. The van der Waals surface area contributed by atoms with Crippen LogP contribution in [-0.2, 0) is 19.1 Å². The highest BCUT2D eigenvalue weighted by Gasteiger charge is 2.63. The molecule has 2 heterocycles. The Bertz CT molecular complexity index is 638. The number of benzene rings is 1. The van der Waals surface area contributed by atoms with Gasteiger partial charge in [-0.05, 0) is 25.0 Å². The number of para-hydroxylation sites is 1. The Kier molecular flexibility index (Phi) is 3.90. The number of ether oxygens (including phenoxy) is 2. The smallest absolute Gasteiger partial charge is 0.316 e. The van der Waals surface area contributed by atoms with Crippen LogP contribution in [0.25, 0.3) is 0 Å². The van der Waals surface area contributed by atoms with Crippen molar-refractivity contribution < 1.29 is 24.2 Å². The lowest BCUT2D eigenvalue weighted by Crippen LogP contribution is -2.53. The lowest BCUT2D eigenvalue weighted by molar-refractivity contribution is -0.176. The van der Waals surface area contributed by atoms with Crippen LogP contribution in [-0.4, -0.2) is 50.0 Å². The number of aliphatic hydroxyl groups is 1. The summed E-state index contributed by atoms with van der Waals surface area (Å²) in [5.74, 6) is -1.59. The van der Waals surface area contributed by atoms with Crippen molar-refractivity contribution in [1.82, 2.24) is 0 Å². The van der Waals surface area contributed by atoms with E-state index in [4.69, 9.17) is 9.47 Å². The predicted molar refractivity (Wildman–Crippen MR) is 83.0 cm³/mol. The van der Waals surface area contributed by atoms with Crippen LogP contribution >= 0.6 is 0 Å². The Morgan fingerprint density at radius 2 is 2.04 bits per heavy atom. The van der Waals surface area contributed by atoms with Crippen molar-refractivity contribution in [2.45, 2.75) is 20.0 Å². The van der Waals surface area contributed by atoms with E-state index in [9.17, 15) is 14.7 Å². The second-order valence-corrected chi connectivity index (χ2v) is 6.37. The molecule has 6 nitrogen and oxygen atoms in total. The van der Waals surface area contributed by atoms with E-state index in [-0.39, 0.29) is 25.7 Å². The number of carbonyl (C=O) groups excluding carboxylic acids is 2. The summed E-state index contributed by atoms with van der Waals surface area (Å²) in [7, 11) is 1.29. The van der Waals surface area contributed by atoms with E-state index in [2.05, 4.69) is 0 Å². The molecule has 23 heavy (non-hydrogen) atoms. The van der Waals surface area contributed by atoms with Crippen molar-refractivity contribution in [3.05, 3.63) is 29.3 Å². The summed E-state index contributed by atoms with van der Waals surface area (Å²) >= 11 is 0. The SMILES string of the molecule is COC(=O)C12COCC(O)C1C(=O)N(c1c(C)cccc1C)C2. The quantitative estimate of drug-likeness (QED) is 0.817. The van der Waals surface area contributed by atoms with Crippen LogP contribution in [0.5, 0.6) is 0 Å². The first-order valence-electron chi connectivity index (χ1n) is 7.64. The summed E-state index contributed by atoms with van der Waals surface area (Å²) in [6.07, 6.45) is -1.01. The van der Waals surface area contributed by atoms with Gasteiger partial charge < -0.3 is 19.5 Å². The number of fused-ring (bicyclic) bond motifs is 1. The van der Waals surface area contributed by atoms with Crippen molar-refractivity contribution in [3.63, 3.8) is 0 Å². The molecule has 3 unspecified atom stereocenters. The first kappa shape index (κ1) is 16.0. The van der Waals surface area contributed by atoms with Crippen molar-refractivity contribution >= 4 is 17.6 Å². The minimum absolute atomic E-state index is 0.0513. The zero-order valence-electron chi connectivity index (χ0n) is 13.5. The summed E-state index contributed by atoms with van der Waals surface area (Å²) in [6.45, 7) is 4.14. The van der Waals surface area contributed by atoms with E-state index < -0.39 is 23.4 Å². The first-order valence-corrected chi connectivity index (χ1v) is 7.64. The predicted octanol–water partition coefficient (Wildman–Crippen LogP) is 0.817. The van der Waals surface area contributed by atoms with Gasteiger partial charge in [-0.2, -0.15) is 0 Å². The molecule has 6 heteroatoms. The van der Waals surface area contributed by atoms with E-state index in [1.807, 2.05) is 32.0 Å². The number of aliphatic hydroxyl groups excluding tert-OH is 1. The Hall–Kier alpha value is -1.92. The lowest BCUT2D eigenvalue weighted by Gasteiger charge is -2.36. The van der Waals surface area contributed by atoms with E-state index in [1.54, 1.807) is 4.90 Å². The maximum absolute atomic E-state index is 13.0. The molecule has 2 fully saturated rings. The molecule has 3 atom stereocenters. The fraction of sp³-hybridized carbons (Fsp3) is 0.529. The number of hydrogen-bond donors (Lipinski definition) is 1. The molecule has 0 aromatic heterocycles. The summed E-state index contributed by atoms with van der Waals surface area (Å²) in [5, 5.41) is 10.3. The van der Waals surface area contributed by atoms with E-state index in [0.29, 0.717) is 0 Å². The molecule has 0 spiro atoms. The van der Waals surface area contributed by atoms with Crippen LogP contribution in [0, 0.1) is 25.2 Å². The number of methoxy groups -OCH3 is 1. The van der Waals surface area contributed by atoms with Crippen molar-refractivity contribution in [2.75, 3.05) is 31.8 Å². The number of anilines is 1.